The second kappa shape index (κ2) is 7.43. The number of rotatable bonds is 7. The van der Waals surface area contributed by atoms with Crippen LogP contribution in [-0.4, -0.2) is 32.4 Å². The third-order valence-corrected chi connectivity index (χ3v) is 4.32. The van der Waals surface area contributed by atoms with Gasteiger partial charge < -0.3 is 14.8 Å². The smallest absolute Gasteiger partial charge is 0.125 e. The number of methoxy groups -OCH3 is 1. The summed E-state index contributed by atoms with van der Waals surface area (Å²) in [5.74, 6) is 1.08. The van der Waals surface area contributed by atoms with Crippen LogP contribution in [0, 0.1) is 0 Å². The Balaban J connectivity index is 2.17. The Labute approximate surface area is 130 Å². The molecule has 4 heteroatoms. The van der Waals surface area contributed by atoms with Crippen LogP contribution in [0.2, 0.25) is 0 Å². The second-order valence-corrected chi connectivity index (χ2v) is 6.27. The van der Waals surface area contributed by atoms with Crippen molar-refractivity contribution in [3.05, 3.63) is 27.7 Å². The van der Waals surface area contributed by atoms with E-state index in [4.69, 9.17) is 9.47 Å². The van der Waals surface area contributed by atoms with Gasteiger partial charge in [-0.3, -0.25) is 0 Å². The first-order valence-electron chi connectivity index (χ1n) is 7.36. The van der Waals surface area contributed by atoms with E-state index in [9.17, 15) is 0 Å². The Morgan fingerprint density at radius 3 is 2.95 bits per heavy atom. The molecular weight excluding hydrogens is 318 g/mol. The Morgan fingerprint density at radius 2 is 2.25 bits per heavy atom. The lowest BCUT2D eigenvalue weighted by Crippen LogP contribution is -2.41. The molecule has 112 valence electrons. The summed E-state index contributed by atoms with van der Waals surface area (Å²) in [6.45, 7) is 6.11. The highest BCUT2D eigenvalue weighted by atomic mass is 79.9. The number of hydrogen-bond acceptors (Lipinski definition) is 3. The summed E-state index contributed by atoms with van der Waals surface area (Å²) in [7, 11) is 1.77. The predicted octanol–water partition coefficient (Wildman–Crippen LogP) is 3.33. The van der Waals surface area contributed by atoms with Gasteiger partial charge in [-0.15, -0.1) is 0 Å². The first-order chi connectivity index (χ1) is 9.65. The predicted molar refractivity (Wildman–Crippen MR) is 85.6 cm³/mol. The topological polar surface area (TPSA) is 30.5 Å². The molecule has 0 aromatic heterocycles. The maximum atomic E-state index is 5.81. The fraction of sp³-hybridized carbons (Fsp3) is 0.625. The first kappa shape index (κ1) is 15.8. The lowest BCUT2D eigenvalue weighted by Gasteiger charge is -2.25. The van der Waals surface area contributed by atoms with E-state index < -0.39 is 0 Å². The van der Waals surface area contributed by atoms with Crippen LogP contribution < -0.4 is 10.1 Å². The molecule has 1 aromatic carbocycles. The van der Waals surface area contributed by atoms with Gasteiger partial charge in [0.05, 0.1) is 12.7 Å². The highest BCUT2D eigenvalue weighted by Gasteiger charge is 2.22. The number of halogens is 1. The monoisotopic (exact) mass is 341 g/mol. The third-order valence-electron chi connectivity index (χ3n) is 3.86. The van der Waals surface area contributed by atoms with Gasteiger partial charge in [-0.25, -0.2) is 0 Å². The zero-order valence-electron chi connectivity index (χ0n) is 12.5. The van der Waals surface area contributed by atoms with E-state index in [-0.39, 0.29) is 6.10 Å². The van der Waals surface area contributed by atoms with Gasteiger partial charge in [0.15, 0.2) is 0 Å². The van der Waals surface area contributed by atoms with Crippen LogP contribution in [0.1, 0.15) is 31.4 Å². The minimum atomic E-state index is 0.178. The number of nitrogens with one attached hydrogen (secondary N) is 1. The van der Waals surface area contributed by atoms with Crippen LogP contribution >= 0.6 is 15.9 Å². The summed E-state index contributed by atoms with van der Waals surface area (Å²) in [4.78, 5) is 0. The molecule has 0 fully saturated rings. The van der Waals surface area contributed by atoms with Crippen LogP contribution in [0.15, 0.2) is 16.6 Å². The molecular formula is C16H24BrNO2. The number of ether oxygens (including phenoxy) is 2. The SMILES string of the molecule is CCCNC(Cc1cc(Br)cc2c1OCC2)C(C)OC. The van der Waals surface area contributed by atoms with Crippen molar-refractivity contribution >= 4 is 15.9 Å². The molecule has 0 saturated heterocycles. The number of benzene rings is 1. The molecule has 1 aromatic rings. The highest BCUT2D eigenvalue weighted by Crippen LogP contribution is 2.34. The quantitative estimate of drug-likeness (QED) is 0.825. The number of hydrogen-bond donors (Lipinski definition) is 1. The molecule has 0 radical (unpaired) electrons. The standard InChI is InChI=1S/C16H24BrNO2/c1-4-6-18-15(11(2)19-3)10-13-9-14(17)8-12-5-7-20-16(12)13/h8-9,11,15,18H,4-7,10H2,1-3H3. The van der Waals surface area contributed by atoms with E-state index in [1.807, 2.05) is 0 Å². The van der Waals surface area contributed by atoms with Crippen molar-refractivity contribution in [1.29, 1.82) is 0 Å². The van der Waals surface area contributed by atoms with E-state index in [0.717, 1.165) is 42.6 Å². The van der Waals surface area contributed by atoms with Crippen LogP contribution in [-0.2, 0) is 17.6 Å². The van der Waals surface area contributed by atoms with E-state index in [1.165, 1.54) is 11.1 Å². The zero-order valence-corrected chi connectivity index (χ0v) is 14.1. The molecule has 0 saturated carbocycles. The van der Waals surface area contributed by atoms with E-state index in [1.54, 1.807) is 7.11 Å². The summed E-state index contributed by atoms with van der Waals surface area (Å²) >= 11 is 3.61. The molecule has 2 unspecified atom stereocenters. The maximum Gasteiger partial charge on any atom is 0.125 e. The average molecular weight is 342 g/mol. The van der Waals surface area contributed by atoms with E-state index in [2.05, 4.69) is 47.2 Å². The lowest BCUT2D eigenvalue weighted by atomic mass is 9.98. The molecule has 0 bridgehead atoms. The van der Waals surface area contributed by atoms with Crippen LogP contribution in [0.4, 0.5) is 0 Å². The summed E-state index contributed by atoms with van der Waals surface area (Å²) in [6, 6.07) is 4.65. The van der Waals surface area contributed by atoms with Gasteiger partial charge in [0, 0.05) is 24.0 Å². The van der Waals surface area contributed by atoms with Crippen molar-refractivity contribution < 1.29 is 9.47 Å². The molecule has 2 rings (SSSR count). The Morgan fingerprint density at radius 1 is 1.45 bits per heavy atom. The fourth-order valence-corrected chi connectivity index (χ4v) is 3.19. The molecule has 20 heavy (non-hydrogen) atoms. The van der Waals surface area contributed by atoms with Crippen molar-refractivity contribution in [1.82, 2.24) is 5.32 Å². The van der Waals surface area contributed by atoms with Crippen molar-refractivity contribution in [3.63, 3.8) is 0 Å². The molecule has 1 N–H and O–H groups in total. The number of fused-ring (bicyclic) bond motifs is 1. The van der Waals surface area contributed by atoms with Gasteiger partial charge in [-0.2, -0.15) is 0 Å². The van der Waals surface area contributed by atoms with Crippen molar-refractivity contribution in [2.45, 2.75) is 45.3 Å². The highest BCUT2D eigenvalue weighted by molar-refractivity contribution is 9.10. The van der Waals surface area contributed by atoms with Crippen molar-refractivity contribution in [3.8, 4) is 5.75 Å². The molecule has 1 heterocycles. The van der Waals surface area contributed by atoms with Gasteiger partial charge in [-0.05, 0) is 49.6 Å². The Hall–Kier alpha value is -0.580. The molecule has 0 amide bonds. The molecule has 3 nitrogen and oxygen atoms in total. The van der Waals surface area contributed by atoms with Crippen molar-refractivity contribution in [2.75, 3.05) is 20.3 Å². The summed E-state index contributed by atoms with van der Waals surface area (Å²) < 4.78 is 12.5. The molecule has 2 atom stereocenters. The Kier molecular flexibility index (Phi) is 5.87. The minimum Gasteiger partial charge on any atom is -0.493 e. The van der Waals surface area contributed by atoms with Gasteiger partial charge in [-0.1, -0.05) is 22.9 Å². The third kappa shape index (κ3) is 3.74. The largest absolute Gasteiger partial charge is 0.493 e. The van der Waals surface area contributed by atoms with Crippen LogP contribution in [0.25, 0.3) is 0 Å². The summed E-state index contributed by atoms with van der Waals surface area (Å²) in [6.07, 6.45) is 3.24. The van der Waals surface area contributed by atoms with Crippen LogP contribution in [0.3, 0.4) is 0 Å². The first-order valence-corrected chi connectivity index (χ1v) is 8.15. The lowest BCUT2D eigenvalue weighted by molar-refractivity contribution is 0.0828. The molecule has 1 aliphatic heterocycles. The van der Waals surface area contributed by atoms with Gasteiger partial charge in [0.25, 0.3) is 0 Å². The fourth-order valence-electron chi connectivity index (χ4n) is 2.63. The van der Waals surface area contributed by atoms with Gasteiger partial charge in [0.2, 0.25) is 0 Å². The average Bonchev–Trinajstić information content (AvgIpc) is 2.90. The second-order valence-electron chi connectivity index (χ2n) is 5.36. The summed E-state index contributed by atoms with van der Waals surface area (Å²) in [5.41, 5.74) is 2.58. The summed E-state index contributed by atoms with van der Waals surface area (Å²) in [5, 5.41) is 3.58. The molecule has 1 aliphatic rings. The van der Waals surface area contributed by atoms with E-state index >= 15 is 0 Å². The van der Waals surface area contributed by atoms with Crippen LogP contribution in [0.5, 0.6) is 5.75 Å². The van der Waals surface area contributed by atoms with Crippen molar-refractivity contribution in [2.24, 2.45) is 0 Å². The Bertz CT molecular complexity index is 450. The zero-order chi connectivity index (χ0) is 14.5. The minimum absolute atomic E-state index is 0.178. The van der Waals surface area contributed by atoms with Gasteiger partial charge >= 0.3 is 0 Å². The maximum absolute atomic E-state index is 5.81. The molecule has 0 spiro atoms. The normalized spacial score (nSPS) is 16.6. The van der Waals surface area contributed by atoms with Gasteiger partial charge in [0.1, 0.15) is 5.75 Å². The molecule has 0 aliphatic carbocycles. The van der Waals surface area contributed by atoms with E-state index in [0.29, 0.717) is 6.04 Å².